The standard InChI is InChI=1S/C17H22FNO2/c1-2-8-19-17(15-5-3-4-9-20-15)16-11-12-10-13(18)6-7-14(12)21-16/h6-7,10-11,15,17,19H,2-5,8-9H2,1H3. The largest absolute Gasteiger partial charge is 0.459 e. The Morgan fingerprint density at radius 3 is 3.00 bits per heavy atom. The van der Waals surface area contributed by atoms with Crippen molar-refractivity contribution in [3.63, 3.8) is 0 Å². The average molecular weight is 291 g/mol. The van der Waals surface area contributed by atoms with Crippen LogP contribution in [0.3, 0.4) is 0 Å². The normalized spacial score (nSPS) is 20.8. The van der Waals surface area contributed by atoms with Crippen molar-refractivity contribution in [1.29, 1.82) is 0 Å². The molecule has 2 atom stereocenters. The lowest BCUT2D eigenvalue weighted by Crippen LogP contribution is -2.36. The predicted octanol–water partition coefficient (Wildman–Crippen LogP) is 4.18. The van der Waals surface area contributed by atoms with Crippen molar-refractivity contribution < 1.29 is 13.5 Å². The second-order valence-corrected chi connectivity index (χ2v) is 5.67. The van der Waals surface area contributed by atoms with E-state index >= 15 is 0 Å². The van der Waals surface area contributed by atoms with Crippen molar-refractivity contribution in [1.82, 2.24) is 5.32 Å². The molecule has 114 valence electrons. The van der Waals surface area contributed by atoms with Crippen LogP contribution in [0.5, 0.6) is 0 Å². The van der Waals surface area contributed by atoms with Gasteiger partial charge in [-0.15, -0.1) is 0 Å². The van der Waals surface area contributed by atoms with E-state index in [0.29, 0.717) is 0 Å². The minimum absolute atomic E-state index is 0.0423. The van der Waals surface area contributed by atoms with Crippen LogP contribution in [0.25, 0.3) is 11.0 Å². The summed E-state index contributed by atoms with van der Waals surface area (Å²) in [5, 5.41) is 4.33. The Balaban J connectivity index is 1.88. The summed E-state index contributed by atoms with van der Waals surface area (Å²) < 4.78 is 25.2. The molecule has 1 aromatic heterocycles. The molecular weight excluding hydrogens is 269 g/mol. The van der Waals surface area contributed by atoms with E-state index in [0.717, 1.165) is 49.1 Å². The van der Waals surface area contributed by atoms with Crippen LogP contribution >= 0.6 is 0 Å². The molecule has 1 aromatic carbocycles. The summed E-state index contributed by atoms with van der Waals surface area (Å²) in [5.74, 6) is 0.609. The van der Waals surface area contributed by atoms with Gasteiger partial charge in [0.15, 0.2) is 0 Å². The van der Waals surface area contributed by atoms with Gasteiger partial charge < -0.3 is 14.5 Å². The fourth-order valence-corrected chi connectivity index (χ4v) is 2.93. The molecular formula is C17H22FNO2. The summed E-state index contributed by atoms with van der Waals surface area (Å²) >= 11 is 0. The van der Waals surface area contributed by atoms with E-state index in [1.54, 1.807) is 6.07 Å². The van der Waals surface area contributed by atoms with Crippen LogP contribution in [0.2, 0.25) is 0 Å². The molecule has 0 bridgehead atoms. The maximum absolute atomic E-state index is 13.3. The molecule has 2 heterocycles. The molecule has 4 heteroatoms. The number of hydrogen-bond acceptors (Lipinski definition) is 3. The minimum atomic E-state index is -0.234. The molecule has 0 saturated carbocycles. The first-order chi connectivity index (χ1) is 10.3. The lowest BCUT2D eigenvalue weighted by Gasteiger charge is -2.30. The molecule has 1 saturated heterocycles. The summed E-state index contributed by atoms with van der Waals surface area (Å²) in [6.07, 6.45) is 4.53. The molecule has 1 aliphatic heterocycles. The van der Waals surface area contributed by atoms with Crippen molar-refractivity contribution in [2.45, 2.75) is 44.8 Å². The van der Waals surface area contributed by atoms with Crippen LogP contribution in [0.1, 0.15) is 44.4 Å². The highest BCUT2D eigenvalue weighted by Crippen LogP contribution is 2.31. The van der Waals surface area contributed by atoms with Crippen LogP contribution in [0.15, 0.2) is 28.7 Å². The Bertz CT molecular complexity index is 589. The van der Waals surface area contributed by atoms with E-state index in [4.69, 9.17) is 9.15 Å². The van der Waals surface area contributed by atoms with Crippen LogP contribution in [0, 0.1) is 5.82 Å². The monoisotopic (exact) mass is 291 g/mol. The van der Waals surface area contributed by atoms with E-state index in [2.05, 4.69) is 12.2 Å². The first kappa shape index (κ1) is 14.5. The van der Waals surface area contributed by atoms with Crippen LogP contribution in [-0.2, 0) is 4.74 Å². The summed E-state index contributed by atoms with van der Waals surface area (Å²) in [5.41, 5.74) is 0.727. The van der Waals surface area contributed by atoms with E-state index in [-0.39, 0.29) is 18.0 Å². The third-order valence-electron chi connectivity index (χ3n) is 4.00. The van der Waals surface area contributed by atoms with Crippen LogP contribution in [0.4, 0.5) is 4.39 Å². The van der Waals surface area contributed by atoms with Gasteiger partial charge >= 0.3 is 0 Å². The van der Waals surface area contributed by atoms with Gasteiger partial charge in [0.25, 0.3) is 0 Å². The highest BCUT2D eigenvalue weighted by Gasteiger charge is 2.28. The smallest absolute Gasteiger partial charge is 0.134 e. The minimum Gasteiger partial charge on any atom is -0.459 e. The Labute approximate surface area is 124 Å². The van der Waals surface area contributed by atoms with Crippen LogP contribution in [-0.4, -0.2) is 19.3 Å². The Morgan fingerprint density at radius 2 is 2.24 bits per heavy atom. The maximum atomic E-state index is 13.3. The number of fused-ring (bicyclic) bond motifs is 1. The van der Waals surface area contributed by atoms with Gasteiger partial charge in [0.2, 0.25) is 0 Å². The number of hydrogen-bond donors (Lipinski definition) is 1. The van der Waals surface area contributed by atoms with Crippen molar-refractivity contribution >= 4 is 11.0 Å². The Hall–Kier alpha value is -1.39. The van der Waals surface area contributed by atoms with Crippen molar-refractivity contribution in [2.75, 3.05) is 13.2 Å². The van der Waals surface area contributed by atoms with Gasteiger partial charge in [-0.25, -0.2) is 4.39 Å². The molecule has 1 aliphatic rings. The van der Waals surface area contributed by atoms with Gasteiger partial charge in [0.1, 0.15) is 17.2 Å². The SMILES string of the molecule is CCCNC(c1cc2cc(F)ccc2o1)C1CCCCO1. The molecule has 0 aliphatic carbocycles. The van der Waals surface area contributed by atoms with Gasteiger partial charge in [0, 0.05) is 12.0 Å². The van der Waals surface area contributed by atoms with E-state index in [1.807, 2.05) is 6.07 Å². The number of halogens is 1. The molecule has 3 rings (SSSR count). The zero-order valence-electron chi connectivity index (χ0n) is 12.4. The summed E-state index contributed by atoms with van der Waals surface area (Å²) in [4.78, 5) is 0. The lowest BCUT2D eigenvalue weighted by atomic mass is 10.00. The first-order valence-electron chi connectivity index (χ1n) is 7.82. The molecule has 2 aromatic rings. The molecule has 2 unspecified atom stereocenters. The lowest BCUT2D eigenvalue weighted by molar-refractivity contribution is -0.0122. The second-order valence-electron chi connectivity index (χ2n) is 5.67. The van der Waals surface area contributed by atoms with Gasteiger partial charge in [-0.2, -0.15) is 0 Å². The molecule has 3 nitrogen and oxygen atoms in total. The third kappa shape index (κ3) is 3.27. The number of furan rings is 1. The number of rotatable bonds is 5. The molecule has 21 heavy (non-hydrogen) atoms. The topological polar surface area (TPSA) is 34.4 Å². The third-order valence-corrected chi connectivity index (χ3v) is 4.00. The fourth-order valence-electron chi connectivity index (χ4n) is 2.93. The highest BCUT2D eigenvalue weighted by molar-refractivity contribution is 5.78. The van der Waals surface area contributed by atoms with Gasteiger partial charge in [-0.1, -0.05) is 6.92 Å². The predicted molar refractivity (Wildman–Crippen MR) is 80.8 cm³/mol. The van der Waals surface area contributed by atoms with Gasteiger partial charge in [-0.3, -0.25) is 0 Å². The van der Waals surface area contributed by atoms with E-state index in [9.17, 15) is 4.39 Å². The van der Waals surface area contributed by atoms with Crippen molar-refractivity contribution in [2.24, 2.45) is 0 Å². The van der Waals surface area contributed by atoms with Crippen molar-refractivity contribution in [3.8, 4) is 0 Å². The molecule has 1 N–H and O–H groups in total. The summed E-state index contributed by atoms with van der Waals surface area (Å²) in [6.45, 7) is 3.86. The molecule has 0 radical (unpaired) electrons. The molecule has 0 amide bonds. The summed E-state index contributed by atoms with van der Waals surface area (Å²) in [7, 11) is 0. The highest BCUT2D eigenvalue weighted by atomic mass is 19.1. The zero-order chi connectivity index (χ0) is 14.7. The Morgan fingerprint density at radius 1 is 1.33 bits per heavy atom. The van der Waals surface area contributed by atoms with E-state index < -0.39 is 0 Å². The van der Waals surface area contributed by atoms with E-state index in [1.165, 1.54) is 18.6 Å². The maximum Gasteiger partial charge on any atom is 0.134 e. The van der Waals surface area contributed by atoms with Gasteiger partial charge in [-0.05, 0) is 56.5 Å². The van der Waals surface area contributed by atoms with Gasteiger partial charge in [0.05, 0.1) is 12.1 Å². The average Bonchev–Trinajstić information content (AvgIpc) is 2.91. The van der Waals surface area contributed by atoms with Crippen LogP contribution < -0.4 is 5.32 Å². The number of nitrogens with one attached hydrogen (secondary N) is 1. The number of benzene rings is 1. The summed E-state index contributed by atoms with van der Waals surface area (Å²) in [6, 6.07) is 6.61. The number of ether oxygens (including phenoxy) is 1. The quantitative estimate of drug-likeness (QED) is 0.897. The van der Waals surface area contributed by atoms with Crippen molar-refractivity contribution in [3.05, 3.63) is 35.8 Å². The molecule has 0 spiro atoms. The second kappa shape index (κ2) is 6.58. The fraction of sp³-hybridized carbons (Fsp3) is 0.529. The zero-order valence-corrected chi connectivity index (χ0v) is 12.4. The molecule has 1 fully saturated rings. The Kier molecular flexibility index (Phi) is 4.56. The first-order valence-corrected chi connectivity index (χ1v) is 7.82.